The lowest BCUT2D eigenvalue weighted by molar-refractivity contribution is -0.151. The average Bonchev–Trinajstić information content (AvgIpc) is 2.39. The maximum atomic E-state index is 12.0. The van der Waals surface area contributed by atoms with Crippen molar-refractivity contribution >= 4 is 11.9 Å². The summed E-state index contributed by atoms with van der Waals surface area (Å²) < 4.78 is 5.41. The largest absolute Gasteiger partial charge is 0.480 e. The lowest BCUT2D eigenvalue weighted by Gasteiger charge is -2.34. The van der Waals surface area contributed by atoms with Gasteiger partial charge in [-0.15, -0.1) is 0 Å². The summed E-state index contributed by atoms with van der Waals surface area (Å²) in [5.41, 5.74) is -1.09. The van der Waals surface area contributed by atoms with Gasteiger partial charge in [0.05, 0.1) is 0 Å². The van der Waals surface area contributed by atoms with Crippen LogP contribution in [0.25, 0.3) is 0 Å². The minimum absolute atomic E-state index is 0.319. The number of nitrogens with one attached hydrogen (secondary N) is 1. The highest BCUT2D eigenvalue weighted by Crippen LogP contribution is 2.28. The minimum atomic E-state index is -1.09. The highest BCUT2D eigenvalue weighted by atomic mass is 16.5. The van der Waals surface area contributed by atoms with Crippen LogP contribution < -0.4 is 5.32 Å². The molecule has 0 unspecified atom stereocenters. The van der Waals surface area contributed by atoms with Crippen LogP contribution >= 0.6 is 0 Å². The number of unbranched alkanes of at least 4 members (excludes halogenated alkanes) is 1. The molecular formula is C14H25NO4. The first-order valence-corrected chi connectivity index (χ1v) is 7.19. The first-order valence-electron chi connectivity index (χ1n) is 7.19. The van der Waals surface area contributed by atoms with Gasteiger partial charge in [0.1, 0.15) is 11.6 Å². The van der Waals surface area contributed by atoms with Crippen LogP contribution in [-0.4, -0.2) is 35.2 Å². The quantitative estimate of drug-likeness (QED) is 0.695. The number of carboxylic acids is 1. The SMILES string of the molecule is CCCCO[C@@H](C)C(=O)NC1(C(=O)O)CCCCC1. The topological polar surface area (TPSA) is 75.6 Å². The van der Waals surface area contributed by atoms with E-state index >= 15 is 0 Å². The summed E-state index contributed by atoms with van der Waals surface area (Å²) in [6.07, 6.45) is 5.06. The molecule has 0 heterocycles. The fraction of sp³-hybridized carbons (Fsp3) is 0.857. The number of carbonyl (C=O) groups is 2. The Balaban J connectivity index is 2.54. The van der Waals surface area contributed by atoms with E-state index in [9.17, 15) is 14.7 Å². The number of hydrogen-bond donors (Lipinski definition) is 2. The highest BCUT2D eigenvalue weighted by Gasteiger charge is 2.41. The third kappa shape index (κ3) is 4.49. The minimum Gasteiger partial charge on any atom is -0.480 e. The van der Waals surface area contributed by atoms with Gasteiger partial charge in [0.25, 0.3) is 0 Å². The van der Waals surface area contributed by atoms with Crippen molar-refractivity contribution in [1.82, 2.24) is 5.32 Å². The predicted molar refractivity (Wildman–Crippen MR) is 71.9 cm³/mol. The van der Waals surface area contributed by atoms with Gasteiger partial charge < -0.3 is 15.2 Å². The number of amides is 1. The second-order valence-corrected chi connectivity index (χ2v) is 5.30. The van der Waals surface area contributed by atoms with Crippen molar-refractivity contribution in [3.8, 4) is 0 Å². The lowest BCUT2D eigenvalue weighted by atomic mass is 9.81. The summed E-state index contributed by atoms with van der Waals surface area (Å²) in [5.74, 6) is -1.25. The molecule has 1 aliphatic rings. The van der Waals surface area contributed by atoms with Gasteiger partial charge in [-0.05, 0) is 26.2 Å². The van der Waals surface area contributed by atoms with Gasteiger partial charge in [0.2, 0.25) is 5.91 Å². The fourth-order valence-corrected chi connectivity index (χ4v) is 2.37. The fourth-order valence-electron chi connectivity index (χ4n) is 2.37. The zero-order chi connectivity index (χ0) is 14.3. The standard InChI is InChI=1S/C14H25NO4/c1-3-4-10-19-11(2)12(16)15-14(13(17)18)8-6-5-7-9-14/h11H,3-10H2,1-2H3,(H,15,16)(H,17,18)/t11-/m0/s1. The molecule has 110 valence electrons. The molecule has 0 aromatic carbocycles. The molecule has 0 radical (unpaired) electrons. The highest BCUT2D eigenvalue weighted by molar-refractivity contribution is 5.89. The van der Waals surface area contributed by atoms with Crippen LogP contribution in [0.5, 0.6) is 0 Å². The molecule has 0 saturated heterocycles. The van der Waals surface area contributed by atoms with Crippen molar-refractivity contribution in [2.24, 2.45) is 0 Å². The molecule has 0 spiro atoms. The summed E-state index contributed by atoms with van der Waals surface area (Å²) in [4.78, 5) is 23.5. The van der Waals surface area contributed by atoms with E-state index in [1.165, 1.54) is 0 Å². The molecule has 19 heavy (non-hydrogen) atoms. The molecule has 5 heteroatoms. The van der Waals surface area contributed by atoms with E-state index in [2.05, 4.69) is 12.2 Å². The third-order valence-corrected chi connectivity index (χ3v) is 3.71. The van der Waals surface area contributed by atoms with E-state index in [1.54, 1.807) is 6.92 Å². The monoisotopic (exact) mass is 271 g/mol. The van der Waals surface area contributed by atoms with E-state index in [0.29, 0.717) is 19.4 Å². The van der Waals surface area contributed by atoms with E-state index in [4.69, 9.17) is 4.74 Å². The molecule has 2 N–H and O–H groups in total. The summed E-state index contributed by atoms with van der Waals surface area (Å²) in [7, 11) is 0. The van der Waals surface area contributed by atoms with Crippen molar-refractivity contribution in [3.05, 3.63) is 0 Å². The van der Waals surface area contributed by atoms with Crippen molar-refractivity contribution < 1.29 is 19.4 Å². The Hall–Kier alpha value is -1.10. The number of carbonyl (C=O) groups excluding carboxylic acids is 1. The molecule has 1 fully saturated rings. The Kier molecular flexibility index (Phi) is 6.28. The summed E-state index contributed by atoms with van der Waals surface area (Å²) in [5, 5.41) is 12.1. The molecule has 1 aliphatic carbocycles. The van der Waals surface area contributed by atoms with Crippen molar-refractivity contribution in [1.29, 1.82) is 0 Å². The van der Waals surface area contributed by atoms with E-state index in [0.717, 1.165) is 32.1 Å². The van der Waals surface area contributed by atoms with Gasteiger partial charge in [-0.1, -0.05) is 32.6 Å². The second-order valence-electron chi connectivity index (χ2n) is 5.30. The number of aliphatic carboxylic acids is 1. The Morgan fingerprint density at radius 3 is 2.47 bits per heavy atom. The molecule has 0 aliphatic heterocycles. The summed E-state index contributed by atoms with van der Waals surface area (Å²) in [6, 6.07) is 0. The Morgan fingerprint density at radius 1 is 1.32 bits per heavy atom. The normalized spacial score (nSPS) is 19.7. The Labute approximate surface area is 114 Å². The Morgan fingerprint density at radius 2 is 1.95 bits per heavy atom. The number of hydrogen-bond acceptors (Lipinski definition) is 3. The van der Waals surface area contributed by atoms with E-state index < -0.39 is 17.6 Å². The van der Waals surface area contributed by atoms with Crippen LogP contribution in [0, 0.1) is 0 Å². The second kappa shape index (κ2) is 7.48. The van der Waals surface area contributed by atoms with Gasteiger partial charge in [-0.3, -0.25) is 4.79 Å². The Bertz CT molecular complexity index is 311. The van der Waals surface area contributed by atoms with Crippen LogP contribution in [0.1, 0.15) is 58.8 Å². The van der Waals surface area contributed by atoms with Crippen molar-refractivity contribution in [2.45, 2.75) is 70.4 Å². The average molecular weight is 271 g/mol. The van der Waals surface area contributed by atoms with E-state index in [1.807, 2.05) is 0 Å². The maximum absolute atomic E-state index is 12.0. The molecule has 1 rings (SSSR count). The first-order chi connectivity index (χ1) is 9.02. The molecule has 1 atom stereocenters. The first kappa shape index (κ1) is 16.0. The molecule has 0 aromatic heterocycles. The van der Waals surface area contributed by atoms with E-state index in [-0.39, 0.29) is 5.91 Å². The van der Waals surface area contributed by atoms with Crippen LogP contribution in [0.15, 0.2) is 0 Å². The summed E-state index contributed by atoms with van der Waals surface area (Å²) >= 11 is 0. The summed E-state index contributed by atoms with van der Waals surface area (Å²) in [6.45, 7) is 4.25. The van der Waals surface area contributed by atoms with Crippen LogP contribution in [0.3, 0.4) is 0 Å². The van der Waals surface area contributed by atoms with Gasteiger partial charge >= 0.3 is 5.97 Å². The molecule has 1 saturated carbocycles. The molecule has 1 amide bonds. The van der Waals surface area contributed by atoms with Crippen molar-refractivity contribution in [2.75, 3.05) is 6.61 Å². The number of ether oxygens (including phenoxy) is 1. The predicted octanol–water partition coefficient (Wildman–Crippen LogP) is 2.10. The van der Waals surface area contributed by atoms with Gasteiger partial charge in [-0.25, -0.2) is 4.79 Å². The molecule has 0 bridgehead atoms. The number of carboxylic acid groups (broad SMARTS) is 1. The zero-order valence-corrected chi connectivity index (χ0v) is 11.9. The lowest BCUT2D eigenvalue weighted by Crippen LogP contribution is -2.57. The number of rotatable bonds is 7. The van der Waals surface area contributed by atoms with Gasteiger partial charge in [0.15, 0.2) is 0 Å². The molecule has 0 aromatic rings. The maximum Gasteiger partial charge on any atom is 0.329 e. The van der Waals surface area contributed by atoms with Gasteiger partial charge in [0, 0.05) is 6.61 Å². The van der Waals surface area contributed by atoms with Crippen molar-refractivity contribution in [3.63, 3.8) is 0 Å². The van der Waals surface area contributed by atoms with Crippen LogP contribution in [0.4, 0.5) is 0 Å². The van der Waals surface area contributed by atoms with Crippen LogP contribution in [0.2, 0.25) is 0 Å². The van der Waals surface area contributed by atoms with Gasteiger partial charge in [-0.2, -0.15) is 0 Å². The van der Waals surface area contributed by atoms with Crippen LogP contribution in [-0.2, 0) is 14.3 Å². The third-order valence-electron chi connectivity index (χ3n) is 3.71. The molecule has 5 nitrogen and oxygen atoms in total. The smallest absolute Gasteiger partial charge is 0.329 e. The zero-order valence-electron chi connectivity index (χ0n) is 11.9. The molecular weight excluding hydrogens is 246 g/mol.